The fraction of sp³-hybridized carbons (Fsp3) is 0.286. The zero-order valence-electron chi connectivity index (χ0n) is 6.51. The van der Waals surface area contributed by atoms with Gasteiger partial charge in [-0.25, -0.2) is 0 Å². The predicted octanol–water partition coefficient (Wildman–Crippen LogP) is 1.13. The summed E-state index contributed by atoms with van der Waals surface area (Å²) in [6.45, 7) is 2.14. The largest absolute Gasteiger partial charge is 0.458 e. The molecule has 0 bridgehead atoms. The summed E-state index contributed by atoms with van der Waals surface area (Å²) in [5.41, 5.74) is 0.652. The van der Waals surface area contributed by atoms with Crippen molar-refractivity contribution < 1.29 is 9.53 Å². The highest BCUT2D eigenvalue weighted by Gasteiger charge is 2.05. The third-order valence-electron chi connectivity index (χ3n) is 1.26. The Morgan fingerprint density at radius 1 is 1.58 bits per heavy atom. The molecule has 1 heterocycles. The van der Waals surface area contributed by atoms with Gasteiger partial charge in [0.25, 0.3) is 6.47 Å². The molecular weight excluding hydrogens is 180 g/mol. The molecule has 0 aliphatic carbocycles. The van der Waals surface area contributed by atoms with E-state index >= 15 is 0 Å². The lowest BCUT2D eigenvalue weighted by molar-refractivity contribution is -0.133. The number of rotatable bonds is 3. The first-order chi connectivity index (χ1) is 5.34. The molecule has 1 atom stereocenters. The van der Waals surface area contributed by atoms with Crippen LogP contribution in [0.2, 0.25) is 0 Å². The fourth-order valence-electron chi connectivity index (χ4n) is 0.674. The number of carbonyl (C=O) groups is 1. The Morgan fingerprint density at radius 3 is 2.83 bits per heavy atom. The number of hydrogen-bond acceptors (Lipinski definition) is 4. The van der Waals surface area contributed by atoms with Crippen LogP contribution in [0.3, 0.4) is 0 Å². The average molecular weight is 189 g/mol. The van der Waals surface area contributed by atoms with Crippen molar-refractivity contribution in [1.29, 1.82) is 0 Å². The summed E-state index contributed by atoms with van der Waals surface area (Å²) >= 11 is 0. The van der Waals surface area contributed by atoms with Crippen molar-refractivity contribution in [3.63, 3.8) is 0 Å². The van der Waals surface area contributed by atoms with Crippen LogP contribution in [0.4, 0.5) is 0 Å². The van der Waals surface area contributed by atoms with Crippen LogP contribution in [0.25, 0.3) is 0 Å². The molecule has 0 fully saturated rings. The second kappa shape index (κ2) is 5.49. The second-order valence-corrected chi connectivity index (χ2v) is 2.00. The van der Waals surface area contributed by atoms with E-state index in [2.05, 4.69) is 14.7 Å². The van der Waals surface area contributed by atoms with Crippen LogP contribution in [0.1, 0.15) is 18.7 Å². The van der Waals surface area contributed by atoms with Gasteiger partial charge >= 0.3 is 0 Å². The highest BCUT2D eigenvalue weighted by molar-refractivity contribution is 5.85. The normalized spacial score (nSPS) is 11.1. The standard InChI is InChI=1S/C7H8N2O2.ClH/c1-6(11-5-10)7-4-8-2-3-9-7;/h2-6H,1H3;1H. The molecule has 1 aromatic heterocycles. The Balaban J connectivity index is 0.00000121. The molecule has 1 rings (SSSR count). The molecule has 0 aromatic carbocycles. The van der Waals surface area contributed by atoms with Crippen LogP contribution in [0.5, 0.6) is 0 Å². The van der Waals surface area contributed by atoms with Crippen molar-refractivity contribution in [2.45, 2.75) is 13.0 Å². The maximum atomic E-state index is 9.92. The van der Waals surface area contributed by atoms with Crippen molar-refractivity contribution in [2.24, 2.45) is 0 Å². The molecule has 0 saturated heterocycles. The van der Waals surface area contributed by atoms with Gasteiger partial charge in [-0.3, -0.25) is 14.8 Å². The van der Waals surface area contributed by atoms with Gasteiger partial charge in [-0.05, 0) is 6.92 Å². The number of ether oxygens (including phenoxy) is 1. The van der Waals surface area contributed by atoms with Crippen LogP contribution in [0.15, 0.2) is 18.6 Å². The monoisotopic (exact) mass is 188 g/mol. The zero-order chi connectivity index (χ0) is 8.10. The molecule has 1 aromatic rings. The third-order valence-corrected chi connectivity index (χ3v) is 1.26. The van der Waals surface area contributed by atoms with Gasteiger partial charge in [0, 0.05) is 12.4 Å². The molecule has 0 aliphatic rings. The maximum absolute atomic E-state index is 9.92. The van der Waals surface area contributed by atoms with Gasteiger partial charge in [0.2, 0.25) is 0 Å². The zero-order valence-corrected chi connectivity index (χ0v) is 7.32. The summed E-state index contributed by atoms with van der Waals surface area (Å²) < 4.78 is 4.64. The van der Waals surface area contributed by atoms with Crippen molar-refractivity contribution in [2.75, 3.05) is 0 Å². The highest BCUT2D eigenvalue weighted by atomic mass is 35.5. The molecule has 0 amide bonds. The molecule has 5 heteroatoms. The average Bonchev–Trinajstić information content (AvgIpc) is 2.07. The lowest BCUT2D eigenvalue weighted by Gasteiger charge is -2.06. The van der Waals surface area contributed by atoms with E-state index in [9.17, 15) is 4.79 Å². The van der Waals surface area contributed by atoms with E-state index in [0.717, 1.165) is 0 Å². The summed E-state index contributed by atoms with van der Waals surface area (Å²) in [6, 6.07) is 0. The predicted molar refractivity (Wildman–Crippen MR) is 44.8 cm³/mol. The fourth-order valence-corrected chi connectivity index (χ4v) is 0.674. The van der Waals surface area contributed by atoms with Crippen LogP contribution in [0, 0.1) is 0 Å². The van der Waals surface area contributed by atoms with Crippen LogP contribution >= 0.6 is 12.4 Å². The Morgan fingerprint density at radius 2 is 2.33 bits per heavy atom. The maximum Gasteiger partial charge on any atom is 0.293 e. The summed E-state index contributed by atoms with van der Waals surface area (Å²) in [4.78, 5) is 17.7. The Hall–Kier alpha value is -1.16. The minimum atomic E-state index is -0.318. The molecule has 0 N–H and O–H groups in total. The topological polar surface area (TPSA) is 52.1 Å². The summed E-state index contributed by atoms with van der Waals surface area (Å²) in [6.07, 6.45) is 4.37. The van der Waals surface area contributed by atoms with E-state index in [1.54, 1.807) is 25.5 Å². The van der Waals surface area contributed by atoms with Crippen molar-refractivity contribution in [1.82, 2.24) is 9.97 Å². The lowest BCUT2D eigenvalue weighted by atomic mass is 10.3. The number of aromatic nitrogens is 2. The third kappa shape index (κ3) is 2.84. The molecule has 1 unspecified atom stereocenters. The Labute approximate surface area is 76.4 Å². The summed E-state index contributed by atoms with van der Waals surface area (Å²) in [7, 11) is 0. The minimum absolute atomic E-state index is 0. The summed E-state index contributed by atoms with van der Waals surface area (Å²) in [5, 5.41) is 0. The van der Waals surface area contributed by atoms with E-state index in [1.807, 2.05) is 0 Å². The second-order valence-electron chi connectivity index (χ2n) is 2.00. The van der Waals surface area contributed by atoms with E-state index in [0.29, 0.717) is 12.2 Å². The van der Waals surface area contributed by atoms with Crippen molar-refractivity contribution in [3.05, 3.63) is 24.3 Å². The van der Waals surface area contributed by atoms with Crippen LogP contribution in [-0.4, -0.2) is 16.4 Å². The van der Waals surface area contributed by atoms with Crippen LogP contribution < -0.4 is 0 Å². The molecular formula is C7H9ClN2O2. The van der Waals surface area contributed by atoms with Gasteiger partial charge in [0.15, 0.2) is 0 Å². The van der Waals surface area contributed by atoms with Gasteiger partial charge in [-0.1, -0.05) is 0 Å². The van der Waals surface area contributed by atoms with Crippen molar-refractivity contribution >= 4 is 18.9 Å². The van der Waals surface area contributed by atoms with Crippen LogP contribution in [-0.2, 0) is 9.53 Å². The first-order valence-corrected chi connectivity index (χ1v) is 3.19. The number of hydrogen-bond donors (Lipinski definition) is 0. The summed E-state index contributed by atoms with van der Waals surface area (Å²) in [5.74, 6) is 0. The quantitative estimate of drug-likeness (QED) is 0.668. The Kier molecular flexibility index (Phi) is 4.96. The SMILES string of the molecule is CC(OC=O)c1cnccn1.Cl. The molecule has 4 nitrogen and oxygen atoms in total. The molecule has 0 spiro atoms. The van der Waals surface area contributed by atoms with Gasteiger partial charge in [-0.2, -0.15) is 0 Å². The van der Waals surface area contributed by atoms with Crippen molar-refractivity contribution in [3.8, 4) is 0 Å². The highest BCUT2D eigenvalue weighted by Crippen LogP contribution is 2.09. The van der Waals surface area contributed by atoms with E-state index in [-0.39, 0.29) is 18.5 Å². The van der Waals surface area contributed by atoms with Gasteiger partial charge in [0.05, 0.1) is 11.9 Å². The Bertz CT molecular complexity index is 230. The lowest BCUT2D eigenvalue weighted by Crippen LogP contribution is -2.00. The molecule has 12 heavy (non-hydrogen) atoms. The smallest absolute Gasteiger partial charge is 0.293 e. The molecule has 0 saturated carbocycles. The van der Waals surface area contributed by atoms with Gasteiger partial charge in [-0.15, -0.1) is 12.4 Å². The number of nitrogens with zero attached hydrogens (tertiary/aromatic N) is 2. The number of carbonyl (C=O) groups excluding carboxylic acids is 1. The minimum Gasteiger partial charge on any atom is -0.458 e. The first-order valence-electron chi connectivity index (χ1n) is 3.19. The van der Waals surface area contributed by atoms with E-state index in [4.69, 9.17) is 0 Å². The van der Waals surface area contributed by atoms with E-state index in [1.165, 1.54) is 0 Å². The molecule has 66 valence electrons. The molecule has 0 aliphatic heterocycles. The van der Waals surface area contributed by atoms with E-state index < -0.39 is 0 Å². The van der Waals surface area contributed by atoms with Gasteiger partial charge in [0.1, 0.15) is 6.10 Å². The first kappa shape index (κ1) is 10.8. The van der Waals surface area contributed by atoms with Gasteiger partial charge < -0.3 is 4.74 Å². The number of halogens is 1. The molecule has 0 radical (unpaired) electrons.